The van der Waals surface area contributed by atoms with Crippen LogP contribution in [0.25, 0.3) is 11.1 Å². The Hall–Kier alpha value is -1.95. The summed E-state index contributed by atoms with van der Waals surface area (Å²) in [7, 11) is 0. The number of carbonyl (C=O) groups is 1. The van der Waals surface area contributed by atoms with E-state index in [1.54, 1.807) is 0 Å². The molecule has 3 fully saturated rings. The monoisotopic (exact) mass is 369 g/mol. The lowest BCUT2D eigenvalue weighted by molar-refractivity contribution is -0.0752. The number of aromatic nitrogens is 2. The number of fused-ring (bicyclic) bond motifs is 2. The van der Waals surface area contributed by atoms with Crippen LogP contribution in [0.15, 0.2) is 10.6 Å². The molecule has 1 aliphatic heterocycles. The summed E-state index contributed by atoms with van der Waals surface area (Å²) < 4.78 is 11.5. The molecule has 6 nitrogen and oxygen atoms in total. The van der Waals surface area contributed by atoms with Crippen molar-refractivity contribution in [1.82, 2.24) is 15.0 Å². The van der Waals surface area contributed by atoms with Gasteiger partial charge in [-0.1, -0.05) is 31.3 Å². The Balaban J connectivity index is 1.57. The molecule has 27 heavy (non-hydrogen) atoms. The Morgan fingerprint density at radius 3 is 2.93 bits per heavy atom. The molecule has 3 aliphatic rings. The summed E-state index contributed by atoms with van der Waals surface area (Å²) in [4.78, 5) is 20.4. The molecule has 144 valence electrons. The highest BCUT2D eigenvalue weighted by molar-refractivity contribution is 6.06. The summed E-state index contributed by atoms with van der Waals surface area (Å²) in [5.41, 5.74) is 3.11. The molecule has 2 saturated carbocycles. The van der Waals surface area contributed by atoms with Crippen LogP contribution in [0.1, 0.15) is 79.5 Å². The summed E-state index contributed by atoms with van der Waals surface area (Å²) in [5, 5.41) is 5.07. The lowest BCUT2D eigenvalue weighted by Crippen LogP contribution is -2.54. The third-order valence-corrected chi connectivity index (χ3v) is 6.24. The fraction of sp³-hybridized carbons (Fsp3) is 0.667. The van der Waals surface area contributed by atoms with Crippen LogP contribution in [-0.2, 0) is 11.2 Å². The van der Waals surface area contributed by atoms with E-state index in [2.05, 4.69) is 22.0 Å². The van der Waals surface area contributed by atoms with E-state index in [1.807, 2.05) is 6.07 Å². The summed E-state index contributed by atoms with van der Waals surface area (Å²) in [5.74, 6) is 0.567. The molecule has 0 unspecified atom stereocenters. The molecule has 6 heteroatoms. The standard InChI is InChI=1S/C21H27N3O3/c1-2-5-15-19-14(12-16(13-8-9-13)22-20(19)27-23-15)21(25)24-10-11-26-18-7-4-3-6-17(18)24/h12-13,17-18H,2-11H2,1H3/t17-,18+/m0/s1. The van der Waals surface area contributed by atoms with E-state index in [4.69, 9.17) is 9.26 Å². The van der Waals surface area contributed by atoms with Crippen molar-refractivity contribution in [1.29, 1.82) is 0 Å². The number of morpholine rings is 1. The van der Waals surface area contributed by atoms with E-state index in [0.29, 0.717) is 24.8 Å². The van der Waals surface area contributed by atoms with Crippen LogP contribution < -0.4 is 0 Å². The minimum Gasteiger partial charge on any atom is -0.374 e. The average Bonchev–Trinajstić information content (AvgIpc) is 3.48. The van der Waals surface area contributed by atoms with E-state index in [-0.39, 0.29) is 18.1 Å². The molecular formula is C21H27N3O3. The Bertz CT molecular complexity index is 856. The molecule has 0 bridgehead atoms. The molecule has 0 aromatic carbocycles. The smallest absolute Gasteiger partial charge is 0.259 e. The number of amides is 1. The largest absolute Gasteiger partial charge is 0.374 e. The van der Waals surface area contributed by atoms with E-state index in [1.165, 1.54) is 12.8 Å². The number of ether oxygens (including phenoxy) is 1. The molecule has 3 heterocycles. The quantitative estimate of drug-likeness (QED) is 0.819. The molecule has 1 amide bonds. The van der Waals surface area contributed by atoms with Crippen molar-refractivity contribution in [2.75, 3.05) is 13.2 Å². The second-order valence-electron chi connectivity index (χ2n) is 8.19. The highest BCUT2D eigenvalue weighted by Crippen LogP contribution is 2.41. The lowest BCUT2D eigenvalue weighted by Gasteiger charge is -2.43. The molecule has 1 saturated heterocycles. The van der Waals surface area contributed by atoms with Crippen molar-refractivity contribution >= 4 is 17.0 Å². The molecule has 0 radical (unpaired) electrons. The van der Waals surface area contributed by atoms with Gasteiger partial charge in [-0.3, -0.25) is 4.79 Å². The SMILES string of the molecule is CCCc1noc2nc(C3CC3)cc(C(=O)N3CCO[C@@H]4CCCC[C@@H]43)c12. The first-order valence-electron chi connectivity index (χ1n) is 10.5. The van der Waals surface area contributed by atoms with E-state index < -0.39 is 0 Å². The number of carbonyl (C=O) groups excluding carboxylic acids is 1. The van der Waals surface area contributed by atoms with Crippen molar-refractivity contribution < 1.29 is 14.1 Å². The highest BCUT2D eigenvalue weighted by Gasteiger charge is 2.38. The predicted molar refractivity (Wildman–Crippen MR) is 101 cm³/mol. The zero-order valence-electron chi connectivity index (χ0n) is 15.9. The highest BCUT2D eigenvalue weighted by atomic mass is 16.5. The summed E-state index contributed by atoms with van der Waals surface area (Å²) in [6, 6.07) is 2.22. The molecule has 0 spiro atoms. The van der Waals surface area contributed by atoms with Gasteiger partial charge >= 0.3 is 0 Å². The molecule has 0 N–H and O–H groups in total. The normalized spacial score (nSPS) is 25.6. The van der Waals surface area contributed by atoms with Crippen LogP contribution in [0.3, 0.4) is 0 Å². The second kappa shape index (κ2) is 6.89. The van der Waals surface area contributed by atoms with Gasteiger partial charge in [0.1, 0.15) is 0 Å². The van der Waals surface area contributed by atoms with Crippen molar-refractivity contribution in [3.05, 3.63) is 23.0 Å². The van der Waals surface area contributed by atoms with Gasteiger partial charge in [-0.05, 0) is 38.2 Å². The Labute approximate surface area is 159 Å². The minimum absolute atomic E-state index is 0.102. The maximum absolute atomic E-state index is 13.7. The fourth-order valence-electron chi connectivity index (χ4n) is 4.70. The second-order valence-corrected chi connectivity index (χ2v) is 8.19. The third-order valence-electron chi connectivity index (χ3n) is 6.24. The van der Waals surface area contributed by atoms with Gasteiger partial charge in [0.25, 0.3) is 11.6 Å². The minimum atomic E-state index is 0.102. The van der Waals surface area contributed by atoms with Gasteiger partial charge in [-0.15, -0.1) is 0 Å². The van der Waals surface area contributed by atoms with E-state index in [9.17, 15) is 4.79 Å². The van der Waals surface area contributed by atoms with Gasteiger partial charge in [0.2, 0.25) is 0 Å². The summed E-state index contributed by atoms with van der Waals surface area (Å²) in [6.07, 6.45) is 8.69. The Kier molecular flexibility index (Phi) is 4.38. The maximum Gasteiger partial charge on any atom is 0.259 e. The molecule has 2 aliphatic carbocycles. The lowest BCUT2D eigenvalue weighted by atomic mass is 9.89. The predicted octanol–water partition coefficient (Wildman–Crippen LogP) is 3.84. The average molecular weight is 369 g/mol. The maximum atomic E-state index is 13.7. The van der Waals surface area contributed by atoms with Crippen LogP contribution in [0.5, 0.6) is 0 Å². The molecule has 2 atom stereocenters. The van der Waals surface area contributed by atoms with Gasteiger partial charge < -0.3 is 14.2 Å². The van der Waals surface area contributed by atoms with Crippen LogP contribution in [0.4, 0.5) is 0 Å². The zero-order chi connectivity index (χ0) is 18.4. The molecular weight excluding hydrogens is 342 g/mol. The Morgan fingerprint density at radius 1 is 1.26 bits per heavy atom. The Morgan fingerprint density at radius 2 is 2.11 bits per heavy atom. The van der Waals surface area contributed by atoms with Crippen molar-refractivity contribution in [3.8, 4) is 0 Å². The van der Waals surface area contributed by atoms with Gasteiger partial charge in [0, 0.05) is 18.2 Å². The first-order chi connectivity index (χ1) is 13.3. The van der Waals surface area contributed by atoms with Crippen LogP contribution >= 0.6 is 0 Å². The van der Waals surface area contributed by atoms with E-state index >= 15 is 0 Å². The molecule has 5 rings (SSSR count). The summed E-state index contributed by atoms with van der Waals surface area (Å²) in [6.45, 7) is 3.40. The van der Waals surface area contributed by atoms with Crippen molar-refractivity contribution in [3.63, 3.8) is 0 Å². The van der Waals surface area contributed by atoms with Crippen LogP contribution in [0.2, 0.25) is 0 Å². The number of hydrogen-bond acceptors (Lipinski definition) is 5. The number of aryl methyl sites for hydroxylation is 1. The third kappa shape index (κ3) is 3.04. The number of rotatable bonds is 4. The number of hydrogen-bond donors (Lipinski definition) is 0. The fourth-order valence-corrected chi connectivity index (χ4v) is 4.70. The van der Waals surface area contributed by atoms with Crippen LogP contribution in [-0.4, -0.2) is 46.2 Å². The van der Waals surface area contributed by atoms with Gasteiger partial charge in [0.15, 0.2) is 0 Å². The first kappa shape index (κ1) is 17.2. The van der Waals surface area contributed by atoms with Gasteiger partial charge in [0.05, 0.1) is 35.4 Å². The summed E-state index contributed by atoms with van der Waals surface area (Å²) >= 11 is 0. The molecule has 2 aromatic rings. The number of pyridine rings is 1. The first-order valence-corrected chi connectivity index (χ1v) is 10.5. The molecule has 2 aromatic heterocycles. The van der Waals surface area contributed by atoms with Gasteiger partial charge in [-0.25, -0.2) is 4.98 Å². The van der Waals surface area contributed by atoms with Crippen molar-refractivity contribution in [2.45, 2.75) is 76.4 Å². The van der Waals surface area contributed by atoms with E-state index in [0.717, 1.165) is 60.9 Å². The van der Waals surface area contributed by atoms with Crippen LogP contribution in [0, 0.1) is 0 Å². The van der Waals surface area contributed by atoms with Gasteiger partial charge in [-0.2, -0.15) is 0 Å². The topological polar surface area (TPSA) is 68.5 Å². The zero-order valence-corrected chi connectivity index (χ0v) is 15.9. The number of nitrogens with zero attached hydrogens (tertiary/aromatic N) is 3. The van der Waals surface area contributed by atoms with Crippen molar-refractivity contribution in [2.24, 2.45) is 0 Å².